The van der Waals surface area contributed by atoms with E-state index >= 15 is 0 Å². The van der Waals surface area contributed by atoms with Crippen molar-refractivity contribution in [3.8, 4) is 0 Å². The summed E-state index contributed by atoms with van der Waals surface area (Å²) in [6.07, 6.45) is 5.03. The summed E-state index contributed by atoms with van der Waals surface area (Å²) in [4.78, 5) is 2.38. The third-order valence-electron chi connectivity index (χ3n) is 4.66. The molecular formula is C16H23FN2O. The van der Waals surface area contributed by atoms with Crippen LogP contribution >= 0.6 is 0 Å². The maximum absolute atomic E-state index is 14.1. The van der Waals surface area contributed by atoms with Crippen molar-refractivity contribution in [3.63, 3.8) is 0 Å². The van der Waals surface area contributed by atoms with Gasteiger partial charge in [0.2, 0.25) is 0 Å². The number of benzene rings is 1. The number of hydrogen-bond acceptors (Lipinski definition) is 3. The van der Waals surface area contributed by atoms with E-state index in [1.807, 2.05) is 12.1 Å². The summed E-state index contributed by atoms with van der Waals surface area (Å²) in [5.74, 6) is -0.151. The van der Waals surface area contributed by atoms with Crippen LogP contribution in [0.2, 0.25) is 0 Å². The van der Waals surface area contributed by atoms with E-state index in [1.54, 1.807) is 6.07 Å². The Kier molecular flexibility index (Phi) is 4.34. The Morgan fingerprint density at radius 2 is 2.10 bits per heavy atom. The maximum atomic E-state index is 14.1. The van der Waals surface area contributed by atoms with Gasteiger partial charge < -0.3 is 10.5 Å². The summed E-state index contributed by atoms with van der Waals surface area (Å²) in [7, 11) is 0. The van der Waals surface area contributed by atoms with Crippen LogP contribution in [0.1, 0.15) is 37.3 Å². The van der Waals surface area contributed by atoms with E-state index < -0.39 is 0 Å². The smallest absolute Gasteiger partial charge is 0.128 e. The molecule has 2 fully saturated rings. The highest BCUT2D eigenvalue weighted by molar-refractivity contribution is 5.22. The summed E-state index contributed by atoms with van der Waals surface area (Å²) in [5, 5.41) is 0. The first-order valence-electron chi connectivity index (χ1n) is 7.63. The monoisotopic (exact) mass is 278 g/mol. The van der Waals surface area contributed by atoms with Gasteiger partial charge in [-0.05, 0) is 18.9 Å². The van der Waals surface area contributed by atoms with Crippen LogP contribution in [0.5, 0.6) is 0 Å². The fourth-order valence-electron chi connectivity index (χ4n) is 3.70. The van der Waals surface area contributed by atoms with Crippen LogP contribution < -0.4 is 5.73 Å². The SMILES string of the molecule is NCC(c1ccccc1F)N1CCOC2CCCCC21. The first kappa shape index (κ1) is 14.0. The third kappa shape index (κ3) is 2.60. The average molecular weight is 278 g/mol. The second-order valence-corrected chi connectivity index (χ2v) is 5.77. The van der Waals surface area contributed by atoms with Gasteiger partial charge in [0.15, 0.2) is 0 Å². The standard InChI is InChI=1S/C16H23FN2O/c17-13-6-2-1-5-12(13)15(11-18)19-9-10-20-16-8-4-3-7-14(16)19/h1-2,5-6,14-16H,3-4,7-11,18H2. The molecule has 0 spiro atoms. The number of halogens is 1. The molecule has 1 saturated heterocycles. The molecule has 3 rings (SSSR count). The minimum atomic E-state index is -0.151. The molecule has 3 unspecified atom stereocenters. The van der Waals surface area contributed by atoms with Crippen molar-refractivity contribution < 1.29 is 9.13 Å². The number of morpholine rings is 1. The fourth-order valence-corrected chi connectivity index (χ4v) is 3.70. The molecule has 3 atom stereocenters. The molecule has 0 aromatic heterocycles. The number of ether oxygens (including phenoxy) is 1. The molecule has 2 aliphatic rings. The van der Waals surface area contributed by atoms with E-state index in [0.29, 0.717) is 18.7 Å². The first-order chi connectivity index (χ1) is 9.81. The minimum absolute atomic E-state index is 0.0364. The van der Waals surface area contributed by atoms with E-state index in [-0.39, 0.29) is 11.9 Å². The molecule has 4 heteroatoms. The van der Waals surface area contributed by atoms with Crippen LogP contribution in [-0.4, -0.2) is 36.7 Å². The van der Waals surface area contributed by atoms with Gasteiger partial charge in [0.25, 0.3) is 0 Å². The van der Waals surface area contributed by atoms with Gasteiger partial charge in [-0.2, -0.15) is 0 Å². The van der Waals surface area contributed by atoms with Crippen molar-refractivity contribution in [3.05, 3.63) is 35.6 Å². The lowest BCUT2D eigenvalue weighted by molar-refractivity contribution is -0.102. The van der Waals surface area contributed by atoms with E-state index in [4.69, 9.17) is 10.5 Å². The zero-order valence-corrected chi connectivity index (χ0v) is 11.8. The molecule has 1 aromatic carbocycles. The summed E-state index contributed by atoms with van der Waals surface area (Å²) in [6.45, 7) is 2.02. The lowest BCUT2D eigenvalue weighted by Gasteiger charge is -2.47. The summed E-state index contributed by atoms with van der Waals surface area (Å²) in [5.41, 5.74) is 6.70. The Morgan fingerprint density at radius 3 is 2.90 bits per heavy atom. The van der Waals surface area contributed by atoms with E-state index in [2.05, 4.69) is 4.90 Å². The van der Waals surface area contributed by atoms with Crippen molar-refractivity contribution in [2.75, 3.05) is 19.7 Å². The second kappa shape index (κ2) is 6.20. The van der Waals surface area contributed by atoms with Gasteiger partial charge >= 0.3 is 0 Å². The zero-order chi connectivity index (χ0) is 13.9. The highest BCUT2D eigenvalue weighted by Crippen LogP contribution is 2.34. The summed E-state index contributed by atoms with van der Waals surface area (Å²) in [6, 6.07) is 7.36. The number of nitrogens with two attached hydrogens (primary N) is 1. The minimum Gasteiger partial charge on any atom is -0.375 e. The largest absolute Gasteiger partial charge is 0.375 e. The lowest BCUT2D eigenvalue weighted by atomic mass is 9.88. The number of nitrogens with zero attached hydrogens (tertiary/aromatic N) is 1. The molecule has 1 aliphatic carbocycles. The Bertz CT molecular complexity index is 452. The predicted molar refractivity (Wildman–Crippen MR) is 76.9 cm³/mol. The van der Waals surface area contributed by atoms with Crippen molar-refractivity contribution >= 4 is 0 Å². The molecule has 1 aliphatic heterocycles. The fraction of sp³-hybridized carbons (Fsp3) is 0.625. The van der Waals surface area contributed by atoms with E-state index in [1.165, 1.54) is 18.9 Å². The Balaban J connectivity index is 1.86. The van der Waals surface area contributed by atoms with Crippen LogP contribution in [0.4, 0.5) is 4.39 Å². The van der Waals surface area contributed by atoms with Crippen molar-refractivity contribution in [2.45, 2.75) is 43.9 Å². The van der Waals surface area contributed by atoms with Crippen LogP contribution in [0.3, 0.4) is 0 Å². The van der Waals surface area contributed by atoms with Gasteiger partial charge in [-0.15, -0.1) is 0 Å². The molecule has 1 heterocycles. The molecule has 0 bridgehead atoms. The number of hydrogen-bond donors (Lipinski definition) is 1. The van der Waals surface area contributed by atoms with E-state index in [9.17, 15) is 4.39 Å². The van der Waals surface area contributed by atoms with Gasteiger partial charge in [0.1, 0.15) is 5.82 Å². The van der Waals surface area contributed by atoms with Crippen molar-refractivity contribution in [1.82, 2.24) is 4.90 Å². The van der Waals surface area contributed by atoms with E-state index in [0.717, 1.165) is 31.6 Å². The highest BCUT2D eigenvalue weighted by Gasteiger charge is 2.38. The number of fused-ring (bicyclic) bond motifs is 1. The predicted octanol–water partition coefficient (Wildman–Crippen LogP) is 2.47. The van der Waals surface area contributed by atoms with Gasteiger partial charge in [-0.1, -0.05) is 31.0 Å². The maximum Gasteiger partial charge on any atom is 0.128 e. The lowest BCUT2D eigenvalue weighted by Crippen LogP contribution is -2.55. The van der Waals surface area contributed by atoms with Crippen LogP contribution in [0.15, 0.2) is 24.3 Å². The zero-order valence-electron chi connectivity index (χ0n) is 11.8. The molecular weight excluding hydrogens is 255 g/mol. The molecule has 20 heavy (non-hydrogen) atoms. The van der Waals surface area contributed by atoms with Gasteiger partial charge in [-0.25, -0.2) is 4.39 Å². The molecule has 2 N–H and O–H groups in total. The van der Waals surface area contributed by atoms with Crippen molar-refractivity contribution in [2.24, 2.45) is 5.73 Å². The topological polar surface area (TPSA) is 38.5 Å². The summed E-state index contributed by atoms with van der Waals surface area (Å²) < 4.78 is 20.0. The quantitative estimate of drug-likeness (QED) is 0.923. The number of rotatable bonds is 3. The van der Waals surface area contributed by atoms with Crippen molar-refractivity contribution in [1.29, 1.82) is 0 Å². The van der Waals surface area contributed by atoms with Crippen LogP contribution in [0.25, 0.3) is 0 Å². The molecule has 0 amide bonds. The molecule has 0 radical (unpaired) electrons. The summed E-state index contributed by atoms with van der Waals surface area (Å²) >= 11 is 0. The second-order valence-electron chi connectivity index (χ2n) is 5.77. The first-order valence-corrected chi connectivity index (χ1v) is 7.63. The molecule has 1 saturated carbocycles. The molecule has 110 valence electrons. The molecule has 3 nitrogen and oxygen atoms in total. The van der Waals surface area contributed by atoms with Crippen LogP contribution in [0, 0.1) is 5.82 Å². The van der Waals surface area contributed by atoms with Gasteiger partial charge in [0.05, 0.1) is 18.8 Å². The third-order valence-corrected chi connectivity index (χ3v) is 4.66. The van der Waals surface area contributed by atoms with Crippen LogP contribution in [-0.2, 0) is 4.74 Å². The average Bonchev–Trinajstić information content (AvgIpc) is 2.50. The molecule has 1 aromatic rings. The normalized spacial score (nSPS) is 28.9. The Morgan fingerprint density at radius 1 is 1.30 bits per heavy atom. The Labute approximate surface area is 119 Å². The van der Waals surface area contributed by atoms with Gasteiger partial charge in [0, 0.05) is 24.7 Å². The Hall–Kier alpha value is -0.970. The van der Waals surface area contributed by atoms with Gasteiger partial charge in [-0.3, -0.25) is 4.90 Å². The highest BCUT2D eigenvalue weighted by atomic mass is 19.1.